The molecule has 1 N–H and O–H groups in total. The Labute approximate surface area is 128 Å². The summed E-state index contributed by atoms with van der Waals surface area (Å²) in [5, 5.41) is 12.2. The fraction of sp³-hybridized carbons (Fsp3) is 0.875. The highest BCUT2D eigenvalue weighted by molar-refractivity contribution is 5.68. The summed E-state index contributed by atoms with van der Waals surface area (Å²) in [5.74, 6) is 0. The van der Waals surface area contributed by atoms with Crippen molar-refractivity contribution in [3.8, 4) is 6.07 Å². The van der Waals surface area contributed by atoms with Crippen LogP contribution in [0.5, 0.6) is 0 Å². The number of likely N-dealkylation sites (tertiary alicyclic amines) is 1. The van der Waals surface area contributed by atoms with Crippen LogP contribution in [0.25, 0.3) is 0 Å². The van der Waals surface area contributed by atoms with Crippen molar-refractivity contribution in [2.24, 2.45) is 5.41 Å². The van der Waals surface area contributed by atoms with Crippen molar-refractivity contribution in [2.45, 2.75) is 65.5 Å². The van der Waals surface area contributed by atoms with Crippen molar-refractivity contribution in [3.63, 3.8) is 0 Å². The highest BCUT2D eigenvalue weighted by atomic mass is 16.6. The zero-order valence-electron chi connectivity index (χ0n) is 14.0. The highest BCUT2D eigenvalue weighted by Crippen LogP contribution is 2.22. The van der Waals surface area contributed by atoms with Crippen molar-refractivity contribution >= 4 is 6.09 Å². The summed E-state index contributed by atoms with van der Waals surface area (Å²) in [4.78, 5) is 13.8. The molecule has 0 bridgehead atoms. The summed E-state index contributed by atoms with van der Waals surface area (Å²) in [7, 11) is 0. The Morgan fingerprint density at radius 1 is 1.38 bits per heavy atom. The molecule has 0 aromatic rings. The molecule has 0 spiro atoms. The van der Waals surface area contributed by atoms with Crippen LogP contribution in [0.2, 0.25) is 0 Å². The van der Waals surface area contributed by atoms with E-state index in [1.165, 1.54) is 0 Å². The number of nitrogens with one attached hydrogen (secondary N) is 1. The lowest BCUT2D eigenvalue weighted by Crippen LogP contribution is -2.41. The van der Waals surface area contributed by atoms with Gasteiger partial charge in [0.1, 0.15) is 5.60 Å². The molecule has 5 heteroatoms. The number of nitriles is 1. The van der Waals surface area contributed by atoms with Gasteiger partial charge in [0.25, 0.3) is 0 Å². The van der Waals surface area contributed by atoms with Gasteiger partial charge in [0.15, 0.2) is 0 Å². The van der Waals surface area contributed by atoms with Crippen LogP contribution in [-0.4, -0.2) is 42.3 Å². The third-order valence-corrected chi connectivity index (χ3v) is 3.62. The van der Waals surface area contributed by atoms with Gasteiger partial charge in [-0.1, -0.05) is 13.8 Å². The molecule has 1 aliphatic rings. The van der Waals surface area contributed by atoms with Gasteiger partial charge < -0.3 is 15.0 Å². The fourth-order valence-electron chi connectivity index (χ4n) is 2.32. The molecule has 120 valence electrons. The van der Waals surface area contributed by atoms with E-state index in [0.29, 0.717) is 19.0 Å². The average Bonchev–Trinajstić information content (AvgIpc) is 2.81. The van der Waals surface area contributed by atoms with E-state index in [-0.39, 0.29) is 11.5 Å². The maximum absolute atomic E-state index is 12.0. The van der Waals surface area contributed by atoms with Gasteiger partial charge in [-0.05, 0) is 39.0 Å². The monoisotopic (exact) mass is 295 g/mol. The first-order valence-corrected chi connectivity index (χ1v) is 7.71. The second kappa shape index (κ2) is 7.13. The first kappa shape index (κ1) is 17.8. The standard InChI is InChI=1S/C16H29N3O2/c1-15(2,3)21-14(20)19-10-7-13(11-19)18-12-16(4,5)8-6-9-17/h13,18H,6-8,10-12H2,1-5H3. The Bertz CT molecular complexity index is 393. The van der Waals surface area contributed by atoms with E-state index < -0.39 is 5.60 Å². The SMILES string of the molecule is CC(C)(CCC#N)CNC1CCN(C(=O)OC(C)(C)C)C1. The number of hydrogen-bond acceptors (Lipinski definition) is 4. The lowest BCUT2D eigenvalue weighted by molar-refractivity contribution is 0.0290. The van der Waals surface area contributed by atoms with Gasteiger partial charge in [0, 0.05) is 32.1 Å². The van der Waals surface area contributed by atoms with E-state index >= 15 is 0 Å². The van der Waals surface area contributed by atoms with E-state index in [9.17, 15) is 4.79 Å². The van der Waals surface area contributed by atoms with Crippen LogP contribution in [0.4, 0.5) is 4.79 Å². The molecule has 0 saturated carbocycles. The van der Waals surface area contributed by atoms with Crippen LogP contribution >= 0.6 is 0 Å². The Hall–Kier alpha value is -1.28. The molecule has 0 aromatic carbocycles. The van der Waals surface area contributed by atoms with Gasteiger partial charge in [-0.25, -0.2) is 4.79 Å². The number of hydrogen-bond donors (Lipinski definition) is 1. The van der Waals surface area contributed by atoms with Gasteiger partial charge >= 0.3 is 6.09 Å². The minimum atomic E-state index is -0.443. The zero-order chi connectivity index (χ0) is 16.1. The molecule has 5 nitrogen and oxygen atoms in total. The minimum Gasteiger partial charge on any atom is -0.444 e. The van der Waals surface area contributed by atoms with E-state index in [4.69, 9.17) is 10.00 Å². The van der Waals surface area contributed by atoms with E-state index in [2.05, 4.69) is 25.2 Å². The maximum Gasteiger partial charge on any atom is 0.410 e. The van der Waals surface area contributed by atoms with Crippen molar-refractivity contribution in [1.82, 2.24) is 10.2 Å². The maximum atomic E-state index is 12.0. The molecular weight excluding hydrogens is 266 g/mol. The number of amides is 1. The van der Waals surface area contributed by atoms with Gasteiger partial charge in [-0.2, -0.15) is 5.26 Å². The quantitative estimate of drug-likeness (QED) is 0.847. The number of rotatable bonds is 5. The zero-order valence-corrected chi connectivity index (χ0v) is 14.0. The molecular formula is C16H29N3O2. The van der Waals surface area contributed by atoms with Crippen LogP contribution < -0.4 is 5.32 Å². The van der Waals surface area contributed by atoms with E-state index in [1.807, 2.05) is 20.8 Å². The third kappa shape index (κ3) is 6.81. The molecule has 1 unspecified atom stereocenters. The van der Waals surface area contributed by atoms with Crippen molar-refractivity contribution < 1.29 is 9.53 Å². The third-order valence-electron chi connectivity index (χ3n) is 3.62. The van der Waals surface area contributed by atoms with Crippen LogP contribution in [-0.2, 0) is 4.74 Å². The predicted octanol–water partition coefficient (Wildman–Crippen LogP) is 2.92. The molecule has 1 saturated heterocycles. The second-order valence-electron chi connectivity index (χ2n) is 7.62. The molecule has 0 radical (unpaired) electrons. The van der Waals surface area contributed by atoms with E-state index in [1.54, 1.807) is 4.90 Å². The molecule has 1 fully saturated rings. The molecule has 0 aromatic heterocycles. The topological polar surface area (TPSA) is 65.4 Å². The second-order valence-corrected chi connectivity index (χ2v) is 7.62. The molecule has 1 rings (SSSR count). The number of ether oxygens (including phenoxy) is 1. The lowest BCUT2D eigenvalue weighted by atomic mass is 9.88. The summed E-state index contributed by atoms with van der Waals surface area (Å²) >= 11 is 0. The number of carbonyl (C=O) groups excluding carboxylic acids is 1. The van der Waals surface area contributed by atoms with Crippen molar-refractivity contribution in [2.75, 3.05) is 19.6 Å². The molecule has 1 aliphatic heterocycles. The first-order valence-electron chi connectivity index (χ1n) is 7.71. The first-order chi connectivity index (χ1) is 9.63. The van der Waals surface area contributed by atoms with Crippen LogP contribution in [0.3, 0.4) is 0 Å². The lowest BCUT2D eigenvalue weighted by Gasteiger charge is -2.27. The number of nitrogens with zero attached hydrogens (tertiary/aromatic N) is 2. The summed E-state index contributed by atoms with van der Waals surface area (Å²) in [6, 6.07) is 2.52. The Balaban J connectivity index is 2.35. The van der Waals surface area contributed by atoms with Gasteiger partial charge in [-0.15, -0.1) is 0 Å². The van der Waals surface area contributed by atoms with Gasteiger partial charge in [0.2, 0.25) is 0 Å². The van der Waals surface area contributed by atoms with Crippen molar-refractivity contribution in [3.05, 3.63) is 0 Å². The van der Waals surface area contributed by atoms with Crippen LogP contribution in [0, 0.1) is 16.7 Å². The average molecular weight is 295 g/mol. The number of carbonyl (C=O) groups is 1. The predicted molar refractivity (Wildman–Crippen MR) is 82.8 cm³/mol. The smallest absolute Gasteiger partial charge is 0.410 e. The van der Waals surface area contributed by atoms with Crippen LogP contribution in [0.1, 0.15) is 53.9 Å². The normalized spacial score (nSPS) is 19.4. The van der Waals surface area contributed by atoms with Gasteiger partial charge in [-0.3, -0.25) is 0 Å². The summed E-state index contributed by atoms with van der Waals surface area (Å²) in [5.41, 5.74) is -0.336. The largest absolute Gasteiger partial charge is 0.444 e. The molecule has 0 aliphatic carbocycles. The Morgan fingerprint density at radius 3 is 2.62 bits per heavy atom. The fourth-order valence-corrected chi connectivity index (χ4v) is 2.32. The molecule has 21 heavy (non-hydrogen) atoms. The Morgan fingerprint density at radius 2 is 2.05 bits per heavy atom. The van der Waals surface area contributed by atoms with E-state index in [0.717, 1.165) is 25.9 Å². The van der Waals surface area contributed by atoms with Crippen molar-refractivity contribution in [1.29, 1.82) is 5.26 Å². The minimum absolute atomic E-state index is 0.106. The summed E-state index contributed by atoms with van der Waals surface area (Å²) < 4.78 is 5.39. The highest BCUT2D eigenvalue weighted by Gasteiger charge is 2.30. The molecule has 1 amide bonds. The molecule has 1 heterocycles. The van der Waals surface area contributed by atoms with Crippen LogP contribution in [0.15, 0.2) is 0 Å². The van der Waals surface area contributed by atoms with Gasteiger partial charge in [0.05, 0.1) is 6.07 Å². The Kier molecular flexibility index (Phi) is 6.03. The molecule has 1 atom stereocenters. The summed E-state index contributed by atoms with van der Waals surface area (Å²) in [6.45, 7) is 12.3. The summed E-state index contributed by atoms with van der Waals surface area (Å²) in [6.07, 6.45) is 2.20.